The molecule has 0 saturated heterocycles. The van der Waals surface area contributed by atoms with Gasteiger partial charge < -0.3 is 9.67 Å². The van der Waals surface area contributed by atoms with Gasteiger partial charge in [0.15, 0.2) is 0 Å². The zero-order valence-corrected chi connectivity index (χ0v) is 10.7. The molecule has 2 N–H and O–H groups in total. The van der Waals surface area contributed by atoms with Crippen LogP contribution in [0.2, 0.25) is 0 Å². The molecule has 0 aliphatic rings. The molecular weight excluding hydrogens is 281 g/mol. The fourth-order valence-corrected chi connectivity index (χ4v) is 2.11. The molecule has 0 amide bonds. The number of hydrogen-bond acceptors (Lipinski definition) is 6. The lowest BCUT2D eigenvalue weighted by Gasteiger charge is -2.10. The van der Waals surface area contributed by atoms with E-state index < -0.39 is 28.5 Å². The molecule has 21 heavy (non-hydrogen) atoms. The summed E-state index contributed by atoms with van der Waals surface area (Å²) in [4.78, 5) is 24.4. The predicted octanol–water partition coefficient (Wildman–Crippen LogP) is 0.127. The first-order chi connectivity index (χ1) is 10.0. The number of benzene rings is 1. The lowest BCUT2D eigenvalue weighted by molar-refractivity contribution is 0.102. The molecule has 106 valence electrons. The quantitative estimate of drug-likeness (QED) is 0.648. The number of nitrogens with zero attached hydrogens (tertiary/aromatic N) is 4. The topological polar surface area (TPSA) is 114 Å². The maximum absolute atomic E-state index is 13.9. The van der Waals surface area contributed by atoms with E-state index in [9.17, 15) is 19.1 Å². The summed E-state index contributed by atoms with van der Waals surface area (Å²) in [7, 11) is 1.37. The van der Waals surface area contributed by atoms with Crippen molar-refractivity contribution in [3.8, 4) is 5.75 Å². The van der Waals surface area contributed by atoms with E-state index in [0.717, 1.165) is 10.6 Å². The van der Waals surface area contributed by atoms with Gasteiger partial charge in [0, 0.05) is 7.05 Å². The van der Waals surface area contributed by atoms with Crippen molar-refractivity contribution in [1.29, 1.82) is 0 Å². The van der Waals surface area contributed by atoms with Crippen LogP contribution in [0.15, 0.2) is 23.0 Å². The molecule has 1 aromatic carbocycles. The third-order valence-electron chi connectivity index (χ3n) is 3.13. The van der Waals surface area contributed by atoms with Crippen LogP contribution in [0, 0.1) is 5.82 Å². The van der Waals surface area contributed by atoms with Crippen molar-refractivity contribution < 1.29 is 14.3 Å². The number of carbonyl (C=O) groups is 1. The Hall–Kier alpha value is -3.10. The van der Waals surface area contributed by atoms with Gasteiger partial charge in [-0.3, -0.25) is 9.59 Å². The number of H-pyrrole nitrogens is 1. The fraction of sp³-hybridized carbons (Fsp3) is 0.0833. The van der Waals surface area contributed by atoms with E-state index in [4.69, 9.17) is 0 Å². The molecule has 2 heterocycles. The van der Waals surface area contributed by atoms with Gasteiger partial charge in [-0.2, -0.15) is 0 Å². The van der Waals surface area contributed by atoms with Crippen LogP contribution in [0.1, 0.15) is 16.2 Å². The Morgan fingerprint density at radius 1 is 1.43 bits per heavy atom. The van der Waals surface area contributed by atoms with Gasteiger partial charge in [-0.1, -0.05) is 6.07 Å². The molecule has 0 bridgehead atoms. The molecule has 0 spiro atoms. The lowest BCUT2D eigenvalue weighted by atomic mass is 10.1. The van der Waals surface area contributed by atoms with Crippen molar-refractivity contribution in [2.45, 2.75) is 0 Å². The summed E-state index contributed by atoms with van der Waals surface area (Å²) in [6.45, 7) is 0. The standard InChI is InChI=1S/C12H8FN5O3/c1-18-6-4-2-3-5(13)7(6)9(19)8(12(18)21)10(20)11-14-16-17-15-11/h2-4,19H,1H3,(H,14,15,16,17). The van der Waals surface area contributed by atoms with Crippen molar-refractivity contribution in [2.75, 3.05) is 0 Å². The second kappa shape index (κ2) is 4.47. The fourth-order valence-electron chi connectivity index (χ4n) is 2.11. The third kappa shape index (κ3) is 1.78. The van der Waals surface area contributed by atoms with Crippen molar-refractivity contribution in [1.82, 2.24) is 25.2 Å². The van der Waals surface area contributed by atoms with Gasteiger partial charge in [0.25, 0.3) is 5.56 Å². The third-order valence-corrected chi connectivity index (χ3v) is 3.13. The molecule has 8 nitrogen and oxygen atoms in total. The maximum atomic E-state index is 13.9. The van der Waals surface area contributed by atoms with Crippen LogP contribution in [0.25, 0.3) is 10.9 Å². The highest BCUT2D eigenvalue weighted by Crippen LogP contribution is 2.29. The molecule has 3 rings (SSSR count). The van der Waals surface area contributed by atoms with Gasteiger partial charge >= 0.3 is 0 Å². The first-order valence-corrected chi connectivity index (χ1v) is 5.81. The number of aryl methyl sites for hydroxylation is 1. The number of aromatic amines is 1. The van der Waals surface area contributed by atoms with Crippen LogP contribution in [0.5, 0.6) is 5.75 Å². The molecule has 0 unspecified atom stereocenters. The largest absolute Gasteiger partial charge is 0.506 e. The number of tetrazole rings is 1. The van der Waals surface area contributed by atoms with Gasteiger partial charge in [-0.25, -0.2) is 9.49 Å². The summed E-state index contributed by atoms with van der Waals surface area (Å²) in [5.74, 6) is -2.71. The SMILES string of the molecule is Cn1c(=O)c(C(=O)c2nnn[nH]2)c(O)c2c(F)cccc21. The predicted molar refractivity (Wildman–Crippen MR) is 68.4 cm³/mol. The Kier molecular flexibility index (Phi) is 2.75. The van der Waals surface area contributed by atoms with Crippen molar-refractivity contribution >= 4 is 16.7 Å². The maximum Gasteiger partial charge on any atom is 0.265 e. The van der Waals surface area contributed by atoms with Crippen LogP contribution in [0.4, 0.5) is 4.39 Å². The van der Waals surface area contributed by atoms with E-state index in [1.807, 2.05) is 0 Å². The van der Waals surface area contributed by atoms with Crippen LogP contribution in [-0.2, 0) is 7.05 Å². The van der Waals surface area contributed by atoms with Crippen molar-refractivity contribution in [3.63, 3.8) is 0 Å². The van der Waals surface area contributed by atoms with Crippen LogP contribution in [-0.4, -0.2) is 36.1 Å². The smallest absolute Gasteiger partial charge is 0.265 e. The van der Waals surface area contributed by atoms with E-state index in [1.54, 1.807) is 0 Å². The van der Waals surface area contributed by atoms with Gasteiger partial charge in [0.1, 0.15) is 17.1 Å². The summed E-state index contributed by atoms with van der Waals surface area (Å²) in [6.07, 6.45) is 0. The number of halogens is 1. The summed E-state index contributed by atoms with van der Waals surface area (Å²) in [6, 6.07) is 3.99. The number of aromatic hydroxyl groups is 1. The number of fused-ring (bicyclic) bond motifs is 1. The lowest BCUT2D eigenvalue weighted by Crippen LogP contribution is -2.26. The highest BCUT2D eigenvalue weighted by molar-refractivity contribution is 6.10. The first-order valence-electron chi connectivity index (χ1n) is 5.81. The van der Waals surface area contributed by atoms with Gasteiger partial charge in [0.05, 0.1) is 10.9 Å². The minimum absolute atomic E-state index is 0.171. The Balaban J connectivity index is 2.42. The summed E-state index contributed by atoms with van der Waals surface area (Å²) in [5.41, 5.74) is -1.19. The van der Waals surface area contributed by atoms with Crippen molar-refractivity contribution in [2.24, 2.45) is 7.05 Å². The monoisotopic (exact) mass is 289 g/mol. The molecular formula is C12H8FN5O3. The second-order valence-electron chi connectivity index (χ2n) is 4.30. The number of nitrogens with one attached hydrogen (secondary N) is 1. The van der Waals surface area contributed by atoms with Crippen LogP contribution >= 0.6 is 0 Å². The van der Waals surface area contributed by atoms with E-state index in [0.29, 0.717) is 0 Å². The van der Waals surface area contributed by atoms with Crippen LogP contribution < -0.4 is 5.56 Å². The van der Waals surface area contributed by atoms with E-state index >= 15 is 0 Å². The first kappa shape index (κ1) is 12.9. The Labute approximate surface area is 115 Å². The average molecular weight is 289 g/mol. The number of ketones is 1. The molecule has 0 fully saturated rings. The average Bonchev–Trinajstić information content (AvgIpc) is 2.99. The molecule has 2 aromatic heterocycles. The Bertz CT molecular complexity index is 917. The normalized spacial score (nSPS) is 11.0. The molecule has 0 aliphatic carbocycles. The summed E-state index contributed by atoms with van der Waals surface area (Å²) >= 11 is 0. The molecule has 0 saturated carbocycles. The zero-order chi connectivity index (χ0) is 15.1. The molecule has 0 atom stereocenters. The van der Waals surface area contributed by atoms with E-state index in [1.165, 1.54) is 19.2 Å². The molecule has 9 heteroatoms. The minimum Gasteiger partial charge on any atom is -0.506 e. The van der Waals surface area contributed by atoms with Gasteiger partial charge in [-0.05, 0) is 22.6 Å². The molecule has 3 aromatic rings. The Morgan fingerprint density at radius 3 is 2.86 bits per heavy atom. The Morgan fingerprint density at radius 2 is 2.19 bits per heavy atom. The highest BCUT2D eigenvalue weighted by atomic mass is 19.1. The number of rotatable bonds is 2. The van der Waals surface area contributed by atoms with Crippen molar-refractivity contribution in [3.05, 3.63) is 45.8 Å². The number of hydrogen-bond donors (Lipinski definition) is 2. The number of carbonyl (C=O) groups excluding carboxylic acids is 1. The van der Waals surface area contributed by atoms with E-state index in [-0.39, 0.29) is 16.7 Å². The zero-order valence-electron chi connectivity index (χ0n) is 10.7. The number of aromatic nitrogens is 5. The van der Waals surface area contributed by atoms with Gasteiger partial charge in [-0.15, -0.1) is 5.10 Å². The second-order valence-corrected chi connectivity index (χ2v) is 4.30. The summed E-state index contributed by atoms with van der Waals surface area (Å²) in [5, 5.41) is 22.0. The molecule has 0 aliphatic heterocycles. The molecule has 0 radical (unpaired) electrons. The number of pyridine rings is 1. The van der Waals surface area contributed by atoms with Gasteiger partial charge in [0.2, 0.25) is 11.6 Å². The van der Waals surface area contributed by atoms with Crippen LogP contribution in [0.3, 0.4) is 0 Å². The summed E-state index contributed by atoms with van der Waals surface area (Å²) < 4.78 is 15.0. The van der Waals surface area contributed by atoms with E-state index in [2.05, 4.69) is 20.6 Å². The highest BCUT2D eigenvalue weighted by Gasteiger charge is 2.25. The minimum atomic E-state index is -0.914.